The van der Waals surface area contributed by atoms with E-state index in [1.54, 1.807) is 0 Å². The lowest BCUT2D eigenvalue weighted by molar-refractivity contribution is 0.218. The van der Waals surface area contributed by atoms with E-state index in [2.05, 4.69) is 5.32 Å². The highest BCUT2D eigenvalue weighted by atomic mass is 35.5. The Morgan fingerprint density at radius 2 is 2.11 bits per heavy atom. The van der Waals surface area contributed by atoms with Crippen LogP contribution in [0.5, 0.6) is 5.75 Å². The van der Waals surface area contributed by atoms with Gasteiger partial charge in [0.1, 0.15) is 5.75 Å². The maximum absolute atomic E-state index is 6.26. The minimum absolute atomic E-state index is 0.575. The maximum Gasteiger partial charge on any atom is 0.138 e. The summed E-state index contributed by atoms with van der Waals surface area (Å²) in [5.74, 6) is 1.33. The van der Waals surface area contributed by atoms with Gasteiger partial charge in [-0.2, -0.15) is 0 Å². The predicted molar refractivity (Wildman–Crippen MR) is 77.0 cm³/mol. The molecule has 1 aliphatic rings. The van der Waals surface area contributed by atoms with Crippen molar-refractivity contribution in [1.82, 2.24) is 5.32 Å². The number of halogens is 2. The molecule has 0 aliphatic carbocycles. The third-order valence-electron chi connectivity index (χ3n) is 3.44. The molecule has 0 saturated carbocycles. The van der Waals surface area contributed by atoms with Crippen LogP contribution < -0.4 is 10.1 Å². The van der Waals surface area contributed by atoms with Crippen LogP contribution in [0.4, 0.5) is 0 Å². The first-order valence-electron chi connectivity index (χ1n) is 6.38. The fraction of sp³-hybridized carbons (Fsp3) is 0.571. The summed E-state index contributed by atoms with van der Waals surface area (Å²) in [4.78, 5) is 0. The van der Waals surface area contributed by atoms with Gasteiger partial charge in [0.15, 0.2) is 0 Å². The zero-order valence-electron chi connectivity index (χ0n) is 10.9. The van der Waals surface area contributed by atoms with E-state index in [1.165, 1.54) is 12.8 Å². The normalized spacial score (nSPS) is 19.9. The van der Waals surface area contributed by atoms with E-state index in [1.807, 2.05) is 19.9 Å². The third-order valence-corrected chi connectivity index (χ3v) is 4.49. The predicted octanol–water partition coefficient (Wildman–Crippen LogP) is 3.99. The molecule has 1 saturated heterocycles. The molecular formula is C14H19Cl2NO. The number of nitrogens with one attached hydrogen (secondary N) is 1. The molecule has 0 radical (unpaired) electrons. The molecule has 1 heterocycles. The molecule has 2 nitrogen and oxygen atoms in total. The second-order valence-electron chi connectivity index (χ2n) is 4.97. The van der Waals surface area contributed by atoms with E-state index in [0.29, 0.717) is 17.5 Å². The zero-order chi connectivity index (χ0) is 13.1. The molecule has 18 heavy (non-hydrogen) atoms. The Bertz CT molecular complexity index is 428. The Morgan fingerprint density at radius 1 is 1.33 bits per heavy atom. The molecule has 1 N–H and O–H groups in total. The van der Waals surface area contributed by atoms with Crippen LogP contribution in [0.3, 0.4) is 0 Å². The monoisotopic (exact) mass is 287 g/mol. The molecule has 2 rings (SSSR count). The molecule has 4 heteroatoms. The summed E-state index contributed by atoms with van der Waals surface area (Å²) in [5.41, 5.74) is 1.91. The molecule has 1 unspecified atom stereocenters. The van der Waals surface area contributed by atoms with Crippen LogP contribution in [-0.2, 0) is 0 Å². The van der Waals surface area contributed by atoms with Gasteiger partial charge in [0.25, 0.3) is 0 Å². The Morgan fingerprint density at radius 3 is 2.78 bits per heavy atom. The summed E-state index contributed by atoms with van der Waals surface area (Å²) in [5, 5.41) is 4.75. The van der Waals surface area contributed by atoms with Gasteiger partial charge in [0.05, 0.1) is 11.6 Å². The van der Waals surface area contributed by atoms with Gasteiger partial charge in [0, 0.05) is 17.5 Å². The van der Waals surface area contributed by atoms with Crippen LogP contribution >= 0.6 is 23.2 Å². The molecular weight excluding hydrogens is 269 g/mol. The summed E-state index contributed by atoms with van der Waals surface area (Å²) >= 11 is 12.4. The second-order valence-corrected chi connectivity index (χ2v) is 5.72. The highest BCUT2D eigenvalue weighted by Crippen LogP contribution is 2.35. The van der Waals surface area contributed by atoms with E-state index in [4.69, 9.17) is 27.9 Å². The first-order chi connectivity index (χ1) is 8.59. The van der Waals surface area contributed by atoms with E-state index in [9.17, 15) is 0 Å². The number of piperidine rings is 1. The van der Waals surface area contributed by atoms with Crippen LogP contribution in [0.1, 0.15) is 24.0 Å². The van der Waals surface area contributed by atoms with Crippen molar-refractivity contribution >= 4 is 23.2 Å². The van der Waals surface area contributed by atoms with Gasteiger partial charge in [-0.15, -0.1) is 0 Å². The Kier molecular flexibility index (Phi) is 4.77. The average molecular weight is 288 g/mol. The van der Waals surface area contributed by atoms with E-state index >= 15 is 0 Å². The molecule has 1 aromatic carbocycles. The van der Waals surface area contributed by atoms with Crippen molar-refractivity contribution in [3.05, 3.63) is 27.2 Å². The van der Waals surface area contributed by atoms with Crippen molar-refractivity contribution in [2.75, 3.05) is 19.7 Å². The van der Waals surface area contributed by atoms with Gasteiger partial charge in [-0.3, -0.25) is 0 Å². The molecule has 0 spiro atoms. The van der Waals surface area contributed by atoms with Crippen LogP contribution in [0, 0.1) is 19.8 Å². The molecule has 1 atom stereocenters. The molecule has 0 amide bonds. The first kappa shape index (κ1) is 14.0. The summed E-state index contributed by atoms with van der Waals surface area (Å²) in [6.07, 6.45) is 2.44. The Hall–Kier alpha value is -0.440. The lowest BCUT2D eigenvalue weighted by atomic mass is 10.0. The van der Waals surface area contributed by atoms with E-state index in [-0.39, 0.29) is 0 Å². The van der Waals surface area contributed by atoms with Crippen LogP contribution in [-0.4, -0.2) is 19.7 Å². The number of rotatable bonds is 3. The fourth-order valence-electron chi connectivity index (χ4n) is 2.28. The summed E-state index contributed by atoms with van der Waals surface area (Å²) in [7, 11) is 0. The lowest BCUT2D eigenvalue weighted by Gasteiger charge is -2.23. The highest BCUT2D eigenvalue weighted by molar-refractivity contribution is 6.37. The standard InChI is InChI=1S/C14H19Cl2NO/c1-9-6-12(14(16)10(2)13(9)15)18-8-11-4-3-5-17-7-11/h6,11,17H,3-5,7-8H2,1-2H3. The summed E-state index contributed by atoms with van der Waals surface area (Å²) in [6, 6.07) is 1.92. The van der Waals surface area contributed by atoms with Crippen molar-refractivity contribution in [2.45, 2.75) is 26.7 Å². The first-order valence-corrected chi connectivity index (χ1v) is 7.14. The van der Waals surface area contributed by atoms with Crippen molar-refractivity contribution in [1.29, 1.82) is 0 Å². The number of hydrogen-bond donors (Lipinski definition) is 1. The zero-order valence-corrected chi connectivity index (χ0v) is 12.4. The number of ether oxygens (including phenoxy) is 1. The number of aryl methyl sites for hydroxylation is 1. The average Bonchev–Trinajstić information content (AvgIpc) is 2.40. The minimum Gasteiger partial charge on any atom is -0.492 e. The topological polar surface area (TPSA) is 21.3 Å². The van der Waals surface area contributed by atoms with Crippen LogP contribution in [0.25, 0.3) is 0 Å². The SMILES string of the molecule is Cc1cc(OCC2CCCNC2)c(Cl)c(C)c1Cl. The smallest absolute Gasteiger partial charge is 0.138 e. The maximum atomic E-state index is 6.26. The third kappa shape index (κ3) is 3.11. The van der Waals surface area contributed by atoms with Gasteiger partial charge in [-0.25, -0.2) is 0 Å². The van der Waals surface area contributed by atoms with Gasteiger partial charge >= 0.3 is 0 Å². The number of benzene rings is 1. The molecule has 1 aliphatic heterocycles. The Labute approximate surface area is 119 Å². The van der Waals surface area contributed by atoms with Crippen LogP contribution in [0.15, 0.2) is 6.07 Å². The number of hydrogen-bond acceptors (Lipinski definition) is 2. The van der Waals surface area contributed by atoms with Gasteiger partial charge < -0.3 is 10.1 Å². The van der Waals surface area contributed by atoms with E-state index in [0.717, 1.165) is 35.0 Å². The van der Waals surface area contributed by atoms with E-state index < -0.39 is 0 Å². The van der Waals surface area contributed by atoms with Gasteiger partial charge in [-0.05, 0) is 50.4 Å². The quantitative estimate of drug-likeness (QED) is 0.908. The summed E-state index contributed by atoms with van der Waals surface area (Å²) in [6.45, 7) is 6.76. The lowest BCUT2D eigenvalue weighted by Crippen LogP contribution is -2.33. The largest absolute Gasteiger partial charge is 0.492 e. The second kappa shape index (κ2) is 6.14. The minimum atomic E-state index is 0.575. The highest BCUT2D eigenvalue weighted by Gasteiger charge is 2.16. The van der Waals surface area contributed by atoms with Crippen molar-refractivity contribution in [2.24, 2.45) is 5.92 Å². The van der Waals surface area contributed by atoms with Crippen molar-refractivity contribution in [3.8, 4) is 5.75 Å². The molecule has 1 fully saturated rings. The Balaban J connectivity index is 2.05. The molecule has 0 aromatic heterocycles. The van der Waals surface area contributed by atoms with Crippen LogP contribution in [0.2, 0.25) is 10.0 Å². The molecule has 100 valence electrons. The van der Waals surface area contributed by atoms with Crippen molar-refractivity contribution < 1.29 is 4.74 Å². The van der Waals surface area contributed by atoms with Gasteiger partial charge in [-0.1, -0.05) is 23.2 Å². The fourth-order valence-corrected chi connectivity index (χ4v) is 2.68. The molecule has 1 aromatic rings. The van der Waals surface area contributed by atoms with Gasteiger partial charge in [0.2, 0.25) is 0 Å². The molecule has 0 bridgehead atoms. The van der Waals surface area contributed by atoms with Crippen molar-refractivity contribution in [3.63, 3.8) is 0 Å². The summed E-state index contributed by atoms with van der Waals surface area (Å²) < 4.78 is 5.86.